The number of halogens is 3. The predicted octanol–water partition coefficient (Wildman–Crippen LogP) is 3.03. The summed E-state index contributed by atoms with van der Waals surface area (Å²) in [6.45, 7) is 0.135. The van der Waals surface area contributed by atoms with Crippen molar-refractivity contribution >= 4 is 5.91 Å². The van der Waals surface area contributed by atoms with Gasteiger partial charge < -0.3 is 5.32 Å². The van der Waals surface area contributed by atoms with E-state index in [9.17, 15) is 18.0 Å². The smallest absolute Gasteiger partial charge is 0.257 e. The van der Waals surface area contributed by atoms with Crippen LogP contribution in [0.3, 0.4) is 0 Å². The molecule has 1 amide bonds. The van der Waals surface area contributed by atoms with E-state index in [-0.39, 0.29) is 6.54 Å². The first-order valence-corrected chi connectivity index (χ1v) is 5.54. The average molecular weight is 265 g/mol. The highest BCUT2D eigenvalue weighted by molar-refractivity contribution is 5.94. The molecule has 0 aliphatic heterocycles. The van der Waals surface area contributed by atoms with E-state index in [1.54, 1.807) is 24.3 Å². The van der Waals surface area contributed by atoms with Crippen molar-refractivity contribution in [1.82, 2.24) is 5.32 Å². The summed E-state index contributed by atoms with van der Waals surface area (Å²) in [5, 5.41) is 2.37. The molecule has 2 nitrogen and oxygen atoms in total. The number of rotatable bonds is 3. The van der Waals surface area contributed by atoms with Gasteiger partial charge in [0.1, 0.15) is 23.0 Å². The van der Waals surface area contributed by atoms with Gasteiger partial charge in [-0.15, -0.1) is 0 Å². The summed E-state index contributed by atoms with van der Waals surface area (Å²) in [6.07, 6.45) is 0. The van der Waals surface area contributed by atoms with Crippen molar-refractivity contribution in [2.75, 3.05) is 0 Å². The van der Waals surface area contributed by atoms with E-state index >= 15 is 0 Å². The lowest BCUT2D eigenvalue weighted by molar-refractivity contribution is 0.0942. The third kappa shape index (κ3) is 3.13. The first kappa shape index (κ1) is 13.1. The molecule has 0 aromatic heterocycles. The summed E-state index contributed by atoms with van der Waals surface area (Å²) < 4.78 is 39.4. The molecule has 0 unspecified atom stereocenters. The van der Waals surface area contributed by atoms with Crippen LogP contribution in [0.5, 0.6) is 0 Å². The van der Waals surface area contributed by atoms with E-state index in [4.69, 9.17) is 0 Å². The van der Waals surface area contributed by atoms with Gasteiger partial charge in [-0.05, 0) is 5.56 Å². The van der Waals surface area contributed by atoms with Gasteiger partial charge in [0.15, 0.2) is 0 Å². The molecule has 0 atom stereocenters. The topological polar surface area (TPSA) is 29.1 Å². The van der Waals surface area contributed by atoms with Crippen LogP contribution in [0.2, 0.25) is 0 Å². The van der Waals surface area contributed by atoms with Crippen molar-refractivity contribution < 1.29 is 18.0 Å². The molecule has 1 N–H and O–H groups in total. The molecule has 5 heteroatoms. The fraction of sp³-hybridized carbons (Fsp3) is 0.0714. The lowest BCUT2D eigenvalue weighted by Crippen LogP contribution is -2.25. The zero-order valence-electron chi connectivity index (χ0n) is 9.79. The Bertz CT molecular complexity index is 576. The SMILES string of the molecule is O=C(NCc1ccccc1)c1c(F)cc(F)cc1F. The van der Waals surface area contributed by atoms with Crippen LogP contribution in [-0.2, 0) is 6.54 Å². The highest BCUT2D eigenvalue weighted by Gasteiger charge is 2.18. The predicted molar refractivity (Wildman–Crippen MR) is 63.9 cm³/mol. The Kier molecular flexibility index (Phi) is 3.85. The molecule has 19 heavy (non-hydrogen) atoms. The van der Waals surface area contributed by atoms with Crippen molar-refractivity contribution in [2.45, 2.75) is 6.54 Å². The third-order valence-corrected chi connectivity index (χ3v) is 2.53. The zero-order chi connectivity index (χ0) is 13.8. The van der Waals surface area contributed by atoms with Gasteiger partial charge >= 0.3 is 0 Å². The van der Waals surface area contributed by atoms with E-state index in [0.717, 1.165) is 5.56 Å². The lowest BCUT2D eigenvalue weighted by atomic mass is 10.1. The Morgan fingerprint density at radius 1 is 1.00 bits per heavy atom. The molecule has 0 heterocycles. The van der Waals surface area contributed by atoms with Gasteiger partial charge in [-0.2, -0.15) is 0 Å². The molecule has 0 radical (unpaired) electrons. The molecule has 0 aliphatic rings. The summed E-state index contributed by atoms with van der Waals surface area (Å²) in [7, 11) is 0. The maximum atomic E-state index is 13.3. The standard InChI is InChI=1S/C14H10F3NO/c15-10-6-11(16)13(12(17)7-10)14(19)18-8-9-4-2-1-3-5-9/h1-7H,8H2,(H,18,19). The molecule has 0 spiro atoms. The van der Waals surface area contributed by atoms with Crippen molar-refractivity contribution in [3.63, 3.8) is 0 Å². The Balaban J connectivity index is 2.13. The highest BCUT2D eigenvalue weighted by Crippen LogP contribution is 2.14. The number of hydrogen-bond donors (Lipinski definition) is 1. The van der Waals surface area contributed by atoms with Crippen LogP contribution in [0.25, 0.3) is 0 Å². The number of hydrogen-bond acceptors (Lipinski definition) is 1. The first-order chi connectivity index (χ1) is 9.08. The van der Waals surface area contributed by atoms with E-state index in [1.807, 2.05) is 6.07 Å². The summed E-state index contributed by atoms with van der Waals surface area (Å²) in [5.41, 5.74) is 0.0103. The molecule has 0 saturated carbocycles. The van der Waals surface area contributed by atoms with Crippen molar-refractivity contribution in [3.8, 4) is 0 Å². The summed E-state index contributed by atoms with van der Waals surface area (Å²) >= 11 is 0. The minimum atomic E-state index is -1.22. The summed E-state index contributed by atoms with van der Waals surface area (Å²) in [4.78, 5) is 11.7. The molecular formula is C14H10F3NO. The van der Waals surface area contributed by atoms with E-state index in [1.165, 1.54) is 0 Å². The van der Waals surface area contributed by atoms with Gasteiger partial charge in [0.2, 0.25) is 0 Å². The van der Waals surface area contributed by atoms with Crippen molar-refractivity contribution in [2.24, 2.45) is 0 Å². The Labute approximate surface area is 107 Å². The second kappa shape index (κ2) is 5.56. The molecule has 98 valence electrons. The summed E-state index contributed by atoms with van der Waals surface area (Å²) in [6, 6.07) is 9.84. The van der Waals surface area contributed by atoms with Gasteiger partial charge in [-0.3, -0.25) is 4.79 Å². The molecule has 0 bridgehead atoms. The second-order valence-electron chi connectivity index (χ2n) is 3.91. The van der Waals surface area contributed by atoms with E-state index < -0.39 is 28.9 Å². The molecule has 0 fully saturated rings. The van der Waals surface area contributed by atoms with Crippen molar-refractivity contribution in [3.05, 3.63) is 71.0 Å². The van der Waals surface area contributed by atoms with E-state index in [0.29, 0.717) is 12.1 Å². The fourth-order valence-corrected chi connectivity index (χ4v) is 1.63. The highest BCUT2D eigenvalue weighted by atomic mass is 19.1. The number of amides is 1. The minimum Gasteiger partial charge on any atom is -0.348 e. The fourth-order valence-electron chi connectivity index (χ4n) is 1.63. The molecular weight excluding hydrogens is 255 g/mol. The molecule has 2 aromatic rings. The van der Waals surface area contributed by atoms with Crippen LogP contribution in [0.15, 0.2) is 42.5 Å². The van der Waals surface area contributed by atoms with Crippen molar-refractivity contribution in [1.29, 1.82) is 0 Å². The van der Waals surface area contributed by atoms with Gasteiger partial charge in [-0.25, -0.2) is 13.2 Å². The first-order valence-electron chi connectivity index (χ1n) is 5.54. The molecule has 2 aromatic carbocycles. The Morgan fingerprint density at radius 3 is 2.16 bits per heavy atom. The molecule has 2 rings (SSSR count). The van der Waals surface area contributed by atoms with E-state index in [2.05, 4.69) is 5.32 Å². The number of benzene rings is 2. The largest absolute Gasteiger partial charge is 0.348 e. The number of nitrogens with one attached hydrogen (secondary N) is 1. The Morgan fingerprint density at radius 2 is 1.58 bits per heavy atom. The Hall–Kier alpha value is -2.30. The van der Waals surface area contributed by atoms with Crippen LogP contribution in [-0.4, -0.2) is 5.91 Å². The quantitative estimate of drug-likeness (QED) is 0.908. The van der Waals surface area contributed by atoms with Gasteiger partial charge in [0.05, 0.1) is 0 Å². The van der Waals surface area contributed by atoms with Gasteiger partial charge in [0, 0.05) is 18.7 Å². The zero-order valence-corrected chi connectivity index (χ0v) is 9.79. The number of carbonyl (C=O) groups is 1. The molecule has 0 aliphatic carbocycles. The van der Waals surface area contributed by atoms with Gasteiger partial charge in [0.25, 0.3) is 5.91 Å². The summed E-state index contributed by atoms with van der Waals surface area (Å²) in [5.74, 6) is -4.42. The lowest BCUT2D eigenvalue weighted by Gasteiger charge is -2.07. The average Bonchev–Trinajstić information content (AvgIpc) is 2.36. The van der Waals surface area contributed by atoms with Crippen LogP contribution in [0.4, 0.5) is 13.2 Å². The van der Waals surface area contributed by atoms with Gasteiger partial charge in [-0.1, -0.05) is 30.3 Å². The number of carbonyl (C=O) groups excluding carboxylic acids is 1. The van der Waals surface area contributed by atoms with Crippen LogP contribution < -0.4 is 5.32 Å². The minimum absolute atomic E-state index is 0.135. The monoisotopic (exact) mass is 265 g/mol. The maximum absolute atomic E-state index is 13.3. The maximum Gasteiger partial charge on any atom is 0.257 e. The van der Waals surface area contributed by atoms with Crippen LogP contribution >= 0.6 is 0 Å². The second-order valence-corrected chi connectivity index (χ2v) is 3.91. The molecule has 0 saturated heterocycles. The van der Waals surface area contributed by atoms with Crippen LogP contribution in [0, 0.1) is 17.5 Å². The third-order valence-electron chi connectivity index (χ3n) is 2.53. The van der Waals surface area contributed by atoms with Crippen LogP contribution in [0.1, 0.15) is 15.9 Å². The normalized spacial score (nSPS) is 10.3.